The fourth-order valence-electron chi connectivity index (χ4n) is 4.73. The van der Waals surface area contributed by atoms with E-state index in [4.69, 9.17) is 26.7 Å². The number of aromatic nitrogens is 7. The summed E-state index contributed by atoms with van der Waals surface area (Å²) in [5.41, 5.74) is 6.12. The van der Waals surface area contributed by atoms with Crippen molar-refractivity contribution < 1.29 is 9.57 Å². The maximum atomic E-state index is 9.11. The predicted molar refractivity (Wildman–Crippen MR) is 140 cm³/mol. The van der Waals surface area contributed by atoms with Crippen LogP contribution in [-0.4, -0.2) is 37.3 Å². The second kappa shape index (κ2) is 10.1. The van der Waals surface area contributed by atoms with E-state index in [0.717, 1.165) is 46.0 Å². The van der Waals surface area contributed by atoms with Gasteiger partial charge in [-0.3, -0.25) is 4.84 Å². The molecule has 0 bridgehead atoms. The molecule has 1 N–H and O–H groups in total. The number of aromatic amines is 1. The number of imidazole rings is 1. The van der Waals surface area contributed by atoms with Gasteiger partial charge in [0, 0.05) is 21.4 Å². The molecule has 1 fully saturated rings. The number of rotatable bonds is 8. The third-order valence-electron chi connectivity index (χ3n) is 6.88. The Morgan fingerprint density at radius 2 is 1.97 bits per heavy atom. The van der Waals surface area contributed by atoms with Crippen molar-refractivity contribution in [3.05, 3.63) is 95.4 Å². The number of halogens is 1. The summed E-state index contributed by atoms with van der Waals surface area (Å²) >= 11 is 6.37. The van der Waals surface area contributed by atoms with Gasteiger partial charge in [0.25, 0.3) is 0 Å². The maximum Gasteiger partial charge on any atom is 0.244 e. The van der Waals surface area contributed by atoms with Gasteiger partial charge in [0.15, 0.2) is 0 Å². The standard InChI is InChI=1S/C28H24ClN8O/c1-38-37-16-21(23-13-22(29)9-11-26(23)36-17-32-34-35-36)8-10-27(37)24(12-18-2-3-18)28-31-15-25(33-28)20-6-4-19(14-30)5-7-20/h4-11,13,15-18,24H,2-3,12H2,1H3,(H,31,33)/q+1. The molecule has 1 saturated carbocycles. The number of nitrogens with one attached hydrogen (secondary N) is 1. The zero-order valence-electron chi connectivity index (χ0n) is 20.6. The van der Waals surface area contributed by atoms with Crippen molar-refractivity contribution in [3.8, 4) is 34.1 Å². The van der Waals surface area contributed by atoms with Crippen LogP contribution >= 0.6 is 11.6 Å². The molecule has 38 heavy (non-hydrogen) atoms. The Balaban J connectivity index is 1.38. The van der Waals surface area contributed by atoms with Crippen molar-refractivity contribution in [2.24, 2.45) is 5.92 Å². The minimum atomic E-state index is 0.0157. The summed E-state index contributed by atoms with van der Waals surface area (Å²) in [6.07, 6.45) is 8.78. The molecule has 0 spiro atoms. The van der Waals surface area contributed by atoms with Crippen LogP contribution in [-0.2, 0) is 0 Å². The van der Waals surface area contributed by atoms with Crippen molar-refractivity contribution in [1.82, 2.24) is 30.2 Å². The molecule has 1 unspecified atom stereocenters. The lowest BCUT2D eigenvalue weighted by Gasteiger charge is -2.14. The summed E-state index contributed by atoms with van der Waals surface area (Å²) in [4.78, 5) is 14.2. The molecule has 1 aliphatic carbocycles. The topological polar surface area (TPSA) is 109 Å². The molecule has 0 amide bonds. The first kappa shape index (κ1) is 23.8. The van der Waals surface area contributed by atoms with Crippen LogP contribution in [0.5, 0.6) is 0 Å². The average molecular weight is 524 g/mol. The maximum absolute atomic E-state index is 9.11. The molecule has 0 aliphatic heterocycles. The monoisotopic (exact) mass is 523 g/mol. The molecule has 5 aromatic rings. The van der Waals surface area contributed by atoms with Gasteiger partial charge >= 0.3 is 0 Å². The van der Waals surface area contributed by atoms with E-state index >= 15 is 0 Å². The number of benzene rings is 2. The van der Waals surface area contributed by atoms with Crippen molar-refractivity contribution in [3.63, 3.8) is 0 Å². The van der Waals surface area contributed by atoms with Gasteiger partial charge in [-0.15, -0.1) is 5.10 Å². The summed E-state index contributed by atoms with van der Waals surface area (Å²) in [6.45, 7) is 0. The molecule has 3 heterocycles. The minimum Gasteiger partial charge on any atom is -0.341 e. The van der Waals surface area contributed by atoms with Gasteiger partial charge in [0.2, 0.25) is 11.9 Å². The Labute approximate surface area is 224 Å². The number of tetrazole rings is 1. The molecule has 6 rings (SSSR count). The normalized spacial score (nSPS) is 13.7. The van der Waals surface area contributed by atoms with E-state index in [1.165, 1.54) is 12.8 Å². The van der Waals surface area contributed by atoms with Crippen LogP contribution < -0.4 is 9.57 Å². The van der Waals surface area contributed by atoms with Crippen LogP contribution in [0.15, 0.2) is 73.3 Å². The van der Waals surface area contributed by atoms with Crippen molar-refractivity contribution in [1.29, 1.82) is 5.26 Å². The van der Waals surface area contributed by atoms with Gasteiger partial charge in [-0.1, -0.05) is 36.6 Å². The SMILES string of the molecule is CO[n+]1cc(-c2cc(Cl)ccc2-n2cnnn2)ccc1C(CC1CC1)c1ncc(-c2ccc(C#N)cc2)[nH]1. The van der Waals surface area contributed by atoms with Gasteiger partial charge in [-0.2, -0.15) is 9.94 Å². The molecule has 2 aromatic carbocycles. The van der Waals surface area contributed by atoms with Crippen LogP contribution in [0.4, 0.5) is 0 Å². The van der Waals surface area contributed by atoms with Gasteiger partial charge in [0.05, 0.1) is 34.8 Å². The van der Waals surface area contributed by atoms with Crippen LogP contribution in [0.25, 0.3) is 28.1 Å². The lowest BCUT2D eigenvalue weighted by Crippen LogP contribution is -2.45. The minimum absolute atomic E-state index is 0.0157. The molecule has 1 atom stereocenters. The van der Waals surface area contributed by atoms with E-state index in [9.17, 15) is 0 Å². The molecule has 188 valence electrons. The highest BCUT2D eigenvalue weighted by Gasteiger charge is 2.35. The van der Waals surface area contributed by atoms with Gasteiger partial charge in [0.1, 0.15) is 25.2 Å². The number of hydrogen-bond acceptors (Lipinski definition) is 6. The summed E-state index contributed by atoms with van der Waals surface area (Å²) in [5, 5.41) is 21.3. The number of pyridine rings is 1. The van der Waals surface area contributed by atoms with Gasteiger partial charge in [-0.05, 0) is 64.7 Å². The third-order valence-corrected chi connectivity index (χ3v) is 7.12. The van der Waals surface area contributed by atoms with Gasteiger partial charge < -0.3 is 4.98 Å². The van der Waals surface area contributed by atoms with E-state index in [1.807, 2.05) is 54.9 Å². The second-order valence-corrected chi connectivity index (χ2v) is 9.81. The Bertz CT molecular complexity index is 1620. The quantitative estimate of drug-likeness (QED) is 0.299. The molecular formula is C28H24ClN8O+. The Kier molecular flexibility index (Phi) is 6.32. The number of nitrogens with zero attached hydrogens (tertiary/aromatic N) is 7. The molecular weight excluding hydrogens is 500 g/mol. The smallest absolute Gasteiger partial charge is 0.244 e. The number of nitriles is 1. The fourth-order valence-corrected chi connectivity index (χ4v) is 4.91. The third kappa shape index (κ3) is 4.74. The van der Waals surface area contributed by atoms with Crippen molar-refractivity contribution in [2.75, 3.05) is 7.11 Å². The number of hydrogen-bond donors (Lipinski definition) is 1. The van der Waals surface area contributed by atoms with Crippen molar-refractivity contribution in [2.45, 2.75) is 25.2 Å². The highest BCUT2D eigenvalue weighted by Crippen LogP contribution is 2.40. The van der Waals surface area contributed by atoms with Crippen LogP contribution in [0.1, 0.15) is 42.3 Å². The van der Waals surface area contributed by atoms with Crippen LogP contribution in [0.2, 0.25) is 5.02 Å². The van der Waals surface area contributed by atoms with Crippen LogP contribution in [0.3, 0.4) is 0 Å². The lowest BCUT2D eigenvalue weighted by molar-refractivity contribution is -0.890. The van der Waals surface area contributed by atoms with E-state index in [1.54, 1.807) is 22.8 Å². The van der Waals surface area contributed by atoms with E-state index < -0.39 is 0 Å². The molecule has 0 saturated heterocycles. The molecule has 1 aliphatic rings. The Hall–Kier alpha value is -4.55. The molecule has 10 heteroatoms. The zero-order chi connectivity index (χ0) is 26.1. The summed E-state index contributed by atoms with van der Waals surface area (Å²) in [6, 6.07) is 19.4. The average Bonchev–Trinajstić information content (AvgIpc) is 3.38. The fraction of sp³-hybridized carbons (Fsp3) is 0.214. The molecule has 3 aromatic heterocycles. The first-order chi connectivity index (χ1) is 18.6. The largest absolute Gasteiger partial charge is 0.341 e. The molecule has 9 nitrogen and oxygen atoms in total. The van der Waals surface area contributed by atoms with E-state index in [-0.39, 0.29) is 5.92 Å². The first-order valence-corrected chi connectivity index (χ1v) is 12.7. The van der Waals surface area contributed by atoms with Crippen LogP contribution in [0, 0.1) is 17.2 Å². The Morgan fingerprint density at radius 3 is 2.68 bits per heavy atom. The van der Waals surface area contributed by atoms with E-state index in [2.05, 4.69) is 38.7 Å². The van der Waals surface area contributed by atoms with E-state index in [0.29, 0.717) is 16.5 Å². The molecule has 0 radical (unpaired) electrons. The summed E-state index contributed by atoms with van der Waals surface area (Å²) in [5.74, 6) is 1.56. The first-order valence-electron chi connectivity index (χ1n) is 12.3. The highest BCUT2D eigenvalue weighted by molar-refractivity contribution is 6.31. The van der Waals surface area contributed by atoms with Crippen molar-refractivity contribution >= 4 is 11.6 Å². The summed E-state index contributed by atoms with van der Waals surface area (Å²) < 4.78 is 3.41. The lowest BCUT2D eigenvalue weighted by atomic mass is 9.95. The van der Waals surface area contributed by atoms with Gasteiger partial charge in [-0.25, -0.2) is 4.98 Å². The highest BCUT2D eigenvalue weighted by atomic mass is 35.5. The second-order valence-electron chi connectivity index (χ2n) is 9.37. The zero-order valence-corrected chi connectivity index (χ0v) is 21.4. The predicted octanol–water partition coefficient (Wildman–Crippen LogP) is 4.52. The Morgan fingerprint density at radius 1 is 1.16 bits per heavy atom. The number of H-pyrrole nitrogens is 1. The summed E-state index contributed by atoms with van der Waals surface area (Å²) in [7, 11) is 1.66.